The molecule has 0 aliphatic carbocycles. The summed E-state index contributed by atoms with van der Waals surface area (Å²) in [6.45, 7) is 2.01. The van der Waals surface area contributed by atoms with E-state index in [0.717, 1.165) is 27.3 Å². The first-order chi connectivity index (χ1) is 9.72. The standard InChI is InChI=1S/C16H14N2OS.BrH/c1-11-6-8-12(9-7-11)15(19)10-20-16-17-13-4-2-3-5-14(13)18-16;/h2-9H,10H2,1H3,(H,17,18);1H. The van der Waals surface area contributed by atoms with Crippen LogP contribution in [0.1, 0.15) is 15.9 Å². The number of H-pyrrole nitrogens is 1. The van der Waals surface area contributed by atoms with Gasteiger partial charge in [0.15, 0.2) is 10.9 Å². The maximum atomic E-state index is 12.1. The number of nitrogens with zero attached hydrogens (tertiary/aromatic N) is 1. The molecule has 3 nitrogen and oxygen atoms in total. The summed E-state index contributed by atoms with van der Waals surface area (Å²) >= 11 is 1.44. The Morgan fingerprint density at radius 2 is 1.86 bits per heavy atom. The molecule has 0 aliphatic heterocycles. The minimum absolute atomic E-state index is 0. The number of fused-ring (bicyclic) bond motifs is 1. The summed E-state index contributed by atoms with van der Waals surface area (Å²) in [4.78, 5) is 19.7. The zero-order valence-corrected chi connectivity index (χ0v) is 14.0. The van der Waals surface area contributed by atoms with Crippen molar-refractivity contribution in [2.45, 2.75) is 12.1 Å². The van der Waals surface area contributed by atoms with Crippen LogP contribution >= 0.6 is 28.7 Å². The minimum atomic E-state index is 0. The molecular formula is C16H15BrN2OS. The van der Waals surface area contributed by atoms with Crippen LogP contribution in [0.5, 0.6) is 0 Å². The van der Waals surface area contributed by atoms with Gasteiger partial charge in [-0.25, -0.2) is 4.98 Å². The fourth-order valence-corrected chi connectivity index (χ4v) is 2.73. The predicted octanol–water partition coefficient (Wildman–Crippen LogP) is 4.42. The number of hydrogen-bond acceptors (Lipinski definition) is 3. The second kappa shape index (κ2) is 6.91. The lowest BCUT2D eigenvalue weighted by molar-refractivity contribution is 0.102. The van der Waals surface area contributed by atoms with Crippen LogP contribution in [-0.2, 0) is 0 Å². The molecule has 0 fully saturated rings. The number of halogens is 1. The Morgan fingerprint density at radius 3 is 2.57 bits per heavy atom. The molecule has 21 heavy (non-hydrogen) atoms. The summed E-state index contributed by atoms with van der Waals surface area (Å²) in [7, 11) is 0. The molecule has 3 rings (SSSR count). The van der Waals surface area contributed by atoms with E-state index < -0.39 is 0 Å². The van der Waals surface area contributed by atoms with Crippen molar-refractivity contribution < 1.29 is 4.79 Å². The van der Waals surface area contributed by atoms with Crippen molar-refractivity contribution in [2.75, 3.05) is 5.75 Å². The number of ketones is 1. The molecule has 0 saturated carbocycles. The normalized spacial score (nSPS) is 10.3. The zero-order valence-electron chi connectivity index (χ0n) is 11.5. The molecular weight excluding hydrogens is 348 g/mol. The van der Waals surface area contributed by atoms with Gasteiger partial charge >= 0.3 is 0 Å². The lowest BCUT2D eigenvalue weighted by Gasteiger charge is -2.00. The van der Waals surface area contributed by atoms with Crippen molar-refractivity contribution in [2.24, 2.45) is 0 Å². The maximum Gasteiger partial charge on any atom is 0.173 e. The molecule has 3 aromatic rings. The fourth-order valence-electron chi connectivity index (χ4n) is 1.95. The number of carbonyl (C=O) groups is 1. The largest absolute Gasteiger partial charge is 0.333 e. The van der Waals surface area contributed by atoms with Gasteiger partial charge < -0.3 is 4.98 Å². The number of thioether (sulfide) groups is 1. The Bertz CT molecular complexity index is 719. The van der Waals surface area contributed by atoms with Gasteiger partial charge in [-0.05, 0) is 19.1 Å². The van der Waals surface area contributed by atoms with Crippen LogP contribution in [-0.4, -0.2) is 21.5 Å². The van der Waals surface area contributed by atoms with Crippen LogP contribution in [0.15, 0.2) is 53.7 Å². The van der Waals surface area contributed by atoms with E-state index >= 15 is 0 Å². The molecule has 0 radical (unpaired) electrons. The highest BCUT2D eigenvalue weighted by Crippen LogP contribution is 2.20. The van der Waals surface area contributed by atoms with Gasteiger partial charge in [0.1, 0.15) is 0 Å². The molecule has 5 heteroatoms. The number of nitrogens with one attached hydrogen (secondary N) is 1. The third-order valence-corrected chi connectivity index (χ3v) is 3.95. The minimum Gasteiger partial charge on any atom is -0.333 e. The number of Topliss-reactive ketones (excluding diaryl/α,β-unsaturated/α-hetero) is 1. The average Bonchev–Trinajstić information content (AvgIpc) is 2.88. The van der Waals surface area contributed by atoms with Crippen LogP contribution < -0.4 is 0 Å². The molecule has 0 amide bonds. The van der Waals surface area contributed by atoms with E-state index in [4.69, 9.17) is 0 Å². The van der Waals surface area contributed by atoms with Gasteiger partial charge in [-0.1, -0.05) is 53.7 Å². The van der Waals surface area contributed by atoms with Gasteiger partial charge in [-0.15, -0.1) is 17.0 Å². The van der Waals surface area contributed by atoms with Gasteiger partial charge in [-0.3, -0.25) is 4.79 Å². The third-order valence-electron chi connectivity index (χ3n) is 3.08. The number of aromatic amines is 1. The van der Waals surface area contributed by atoms with Crippen molar-refractivity contribution >= 4 is 45.6 Å². The summed E-state index contributed by atoms with van der Waals surface area (Å²) in [6.07, 6.45) is 0. The van der Waals surface area contributed by atoms with Gasteiger partial charge in [-0.2, -0.15) is 0 Å². The summed E-state index contributed by atoms with van der Waals surface area (Å²) in [5.41, 5.74) is 3.83. The average molecular weight is 363 g/mol. The molecule has 2 aromatic carbocycles. The molecule has 1 aromatic heterocycles. The molecule has 0 saturated heterocycles. The summed E-state index contributed by atoms with van der Waals surface area (Å²) < 4.78 is 0. The molecule has 108 valence electrons. The molecule has 0 spiro atoms. The summed E-state index contributed by atoms with van der Waals surface area (Å²) in [5, 5.41) is 0.784. The Hall–Kier alpha value is -1.59. The second-order valence-electron chi connectivity index (χ2n) is 4.64. The zero-order chi connectivity index (χ0) is 13.9. The predicted molar refractivity (Wildman–Crippen MR) is 92.6 cm³/mol. The van der Waals surface area contributed by atoms with Crippen molar-refractivity contribution in [3.05, 3.63) is 59.7 Å². The highest BCUT2D eigenvalue weighted by Gasteiger charge is 2.08. The van der Waals surface area contributed by atoms with Crippen LogP contribution in [0.4, 0.5) is 0 Å². The number of rotatable bonds is 4. The van der Waals surface area contributed by atoms with Crippen molar-refractivity contribution in [1.82, 2.24) is 9.97 Å². The third kappa shape index (κ3) is 3.74. The molecule has 1 heterocycles. The van der Waals surface area contributed by atoms with E-state index in [0.29, 0.717) is 5.75 Å². The first-order valence-corrected chi connectivity index (χ1v) is 7.38. The first kappa shape index (κ1) is 15.8. The molecule has 0 aliphatic rings. The Balaban J connectivity index is 0.00000161. The smallest absolute Gasteiger partial charge is 0.173 e. The SMILES string of the molecule is Br.Cc1ccc(C(=O)CSc2nc3ccccc3[nH]2)cc1. The highest BCUT2D eigenvalue weighted by molar-refractivity contribution is 8.93. The number of carbonyl (C=O) groups excluding carboxylic acids is 1. The second-order valence-corrected chi connectivity index (χ2v) is 5.60. The summed E-state index contributed by atoms with van der Waals surface area (Å²) in [6, 6.07) is 15.5. The van der Waals surface area contributed by atoms with Crippen LogP contribution in [0.3, 0.4) is 0 Å². The number of imidazole rings is 1. The number of para-hydroxylation sites is 2. The monoisotopic (exact) mass is 362 g/mol. The van der Waals surface area contributed by atoms with E-state index in [9.17, 15) is 4.79 Å². The Labute approximate surface area is 137 Å². The van der Waals surface area contributed by atoms with Gasteiger partial charge in [0.05, 0.1) is 16.8 Å². The molecule has 1 N–H and O–H groups in total. The number of hydrogen-bond donors (Lipinski definition) is 1. The van der Waals surface area contributed by atoms with Crippen molar-refractivity contribution in [3.63, 3.8) is 0 Å². The lowest BCUT2D eigenvalue weighted by Crippen LogP contribution is -2.02. The van der Waals surface area contributed by atoms with E-state index in [1.54, 1.807) is 0 Å². The van der Waals surface area contributed by atoms with Gasteiger partial charge in [0.25, 0.3) is 0 Å². The summed E-state index contributed by atoms with van der Waals surface area (Å²) in [5.74, 6) is 0.513. The Morgan fingerprint density at radius 1 is 1.14 bits per heavy atom. The molecule has 0 bridgehead atoms. The van der Waals surface area contributed by atoms with E-state index in [1.807, 2.05) is 55.5 Å². The van der Waals surface area contributed by atoms with Crippen molar-refractivity contribution in [1.29, 1.82) is 0 Å². The lowest BCUT2D eigenvalue weighted by atomic mass is 10.1. The van der Waals surface area contributed by atoms with E-state index in [-0.39, 0.29) is 22.8 Å². The Kier molecular flexibility index (Phi) is 5.20. The quantitative estimate of drug-likeness (QED) is 0.551. The fraction of sp³-hybridized carbons (Fsp3) is 0.125. The molecule has 0 atom stereocenters. The van der Waals surface area contributed by atoms with Crippen molar-refractivity contribution in [3.8, 4) is 0 Å². The topological polar surface area (TPSA) is 45.8 Å². The van der Waals surface area contributed by atoms with Gasteiger partial charge in [0.2, 0.25) is 0 Å². The highest BCUT2D eigenvalue weighted by atomic mass is 79.9. The first-order valence-electron chi connectivity index (χ1n) is 6.40. The van der Waals surface area contributed by atoms with Crippen LogP contribution in [0, 0.1) is 6.92 Å². The van der Waals surface area contributed by atoms with Gasteiger partial charge in [0, 0.05) is 5.56 Å². The van der Waals surface area contributed by atoms with Crippen LogP contribution in [0.25, 0.3) is 11.0 Å². The van der Waals surface area contributed by atoms with E-state index in [1.165, 1.54) is 11.8 Å². The number of aromatic nitrogens is 2. The molecule has 0 unspecified atom stereocenters. The number of benzene rings is 2. The van der Waals surface area contributed by atoms with Crippen LogP contribution in [0.2, 0.25) is 0 Å². The maximum absolute atomic E-state index is 12.1. The van der Waals surface area contributed by atoms with E-state index in [2.05, 4.69) is 9.97 Å². The number of aryl methyl sites for hydroxylation is 1.